The van der Waals surface area contributed by atoms with E-state index in [1.165, 1.54) is 16.7 Å². The van der Waals surface area contributed by atoms with Crippen molar-refractivity contribution < 1.29 is 14.4 Å². The van der Waals surface area contributed by atoms with E-state index in [9.17, 15) is 14.4 Å². The second-order valence-electron chi connectivity index (χ2n) is 6.56. The van der Waals surface area contributed by atoms with Crippen LogP contribution in [0.1, 0.15) is 39.0 Å². The number of imide groups is 1. The molecule has 0 spiro atoms. The summed E-state index contributed by atoms with van der Waals surface area (Å²) in [6.07, 6.45) is 6.48. The molecule has 0 aromatic carbocycles. The van der Waals surface area contributed by atoms with Gasteiger partial charge < -0.3 is 10.6 Å². The molecule has 2 aliphatic rings. The van der Waals surface area contributed by atoms with Crippen LogP contribution in [0.3, 0.4) is 0 Å². The minimum atomic E-state index is -0.684. The van der Waals surface area contributed by atoms with E-state index in [0.717, 1.165) is 38.6 Å². The summed E-state index contributed by atoms with van der Waals surface area (Å²) in [7, 11) is 0. The number of amides is 3. The van der Waals surface area contributed by atoms with E-state index >= 15 is 0 Å². The first-order chi connectivity index (χ1) is 11.6. The average molecular weight is 356 g/mol. The Morgan fingerprint density at radius 3 is 2.33 bits per heavy atom. The fourth-order valence-corrected chi connectivity index (χ4v) is 4.23. The molecule has 1 saturated carbocycles. The maximum Gasteiger partial charge on any atom is 0.244 e. The summed E-state index contributed by atoms with van der Waals surface area (Å²) in [5.74, 6) is -0.441. The summed E-state index contributed by atoms with van der Waals surface area (Å²) < 4.78 is 0. The summed E-state index contributed by atoms with van der Waals surface area (Å²) in [5.41, 5.74) is 0. The molecule has 6 nitrogen and oxygen atoms in total. The lowest BCUT2D eigenvalue weighted by Gasteiger charge is -2.25. The number of hydrogen-bond acceptors (Lipinski definition) is 5. The number of rotatable bonds is 9. The Labute approximate surface area is 148 Å². The van der Waals surface area contributed by atoms with Crippen LogP contribution in [0, 0.1) is 11.8 Å². The molecule has 2 rings (SSSR count). The number of nitrogens with one attached hydrogen (secondary N) is 2. The van der Waals surface area contributed by atoms with Gasteiger partial charge in [0.25, 0.3) is 0 Å². The highest BCUT2D eigenvalue weighted by molar-refractivity contribution is 7.98. The van der Waals surface area contributed by atoms with Gasteiger partial charge in [-0.05, 0) is 32.1 Å². The van der Waals surface area contributed by atoms with Gasteiger partial charge in [-0.25, -0.2) is 0 Å². The number of nitrogens with zero attached hydrogens (tertiary/aromatic N) is 1. The molecule has 3 atom stereocenters. The summed E-state index contributed by atoms with van der Waals surface area (Å²) in [4.78, 5) is 39.2. The number of carbonyl (C=O) groups excluding carboxylic acids is 3. The third-order valence-electron chi connectivity index (χ3n) is 4.84. The van der Waals surface area contributed by atoms with E-state index < -0.39 is 6.04 Å². The third kappa shape index (κ3) is 4.30. The molecule has 24 heavy (non-hydrogen) atoms. The van der Waals surface area contributed by atoms with Gasteiger partial charge in [0.05, 0.1) is 11.8 Å². The third-order valence-corrected chi connectivity index (χ3v) is 5.49. The topological polar surface area (TPSA) is 78.5 Å². The van der Waals surface area contributed by atoms with Gasteiger partial charge in [-0.3, -0.25) is 19.3 Å². The Hall–Kier alpha value is -1.08. The fourth-order valence-electron chi connectivity index (χ4n) is 3.61. The Morgan fingerprint density at radius 2 is 1.79 bits per heavy atom. The van der Waals surface area contributed by atoms with Crippen LogP contribution in [0.25, 0.3) is 0 Å². The molecule has 0 radical (unpaired) electrons. The minimum absolute atomic E-state index is 0.136. The molecule has 0 bridgehead atoms. The van der Waals surface area contributed by atoms with Crippen molar-refractivity contribution in [3.05, 3.63) is 0 Å². The van der Waals surface area contributed by atoms with Crippen LogP contribution in [0.5, 0.6) is 0 Å². The van der Waals surface area contributed by atoms with Crippen molar-refractivity contribution in [3.63, 3.8) is 0 Å². The Kier molecular flexibility index (Phi) is 7.55. The Morgan fingerprint density at radius 1 is 1.17 bits per heavy atom. The summed E-state index contributed by atoms with van der Waals surface area (Å²) in [6.45, 7) is 4.20. The zero-order chi connectivity index (χ0) is 17.5. The van der Waals surface area contributed by atoms with E-state index in [0.29, 0.717) is 18.8 Å². The molecule has 136 valence electrons. The maximum atomic E-state index is 12.7. The van der Waals surface area contributed by atoms with Crippen LogP contribution in [0.15, 0.2) is 0 Å². The predicted molar refractivity (Wildman–Crippen MR) is 95.6 cm³/mol. The van der Waals surface area contributed by atoms with E-state index in [2.05, 4.69) is 17.6 Å². The SMILES string of the molecule is CCCNCCNC(=O)C(CSC)N1C(=O)C2CCCCC2C1=O. The first kappa shape index (κ1) is 19.2. The number of likely N-dealkylation sites (tertiary alicyclic amines) is 1. The first-order valence-corrected chi connectivity index (χ1v) is 10.4. The molecule has 0 aromatic heterocycles. The standard InChI is InChI=1S/C17H29N3O3S/c1-3-8-18-9-10-19-15(21)14(11-24-2)20-16(22)12-6-4-5-7-13(12)17(20)23/h12-14,18H,3-11H2,1-2H3,(H,19,21). The van der Waals surface area contributed by atoms with E-state index in [-0.39, 0.29) is 29.6 Å². The lowest BCUT2D eigenvalue weighted by molar-refractivity contribution is -0.147. The predicted octanol–water partition coefficient (Wildman–Crippen LogP) is 1.01. The molecular weight excluding hydrogens is 326 g/mol. The molecule has 1 saturated heterocycles. The van der Waals surface area contributed by atoms with Crippen molar-refractivity contribution >= 4 is 29.5 Å². The highest BCUT2D eigenvalue weighted by atomic mass is 32.2. The van der Waals surface area contributed by atoms with Crippen LogP contribution < -0.4 is 10.6 Å². The summed E-state index contributed by atoms with van der Waals surface area (Å²) >= 11 is 1.49. The number of carbonyl (C=O) groups is 3. The molecule has 3 unspecified atom stereocenters. The Bertz CT molecular complexity index is 448. The molecule has 1 heterocycles. The summed E-state index contributed by atoms with van der Waals surface area (Å²) in [5, 5.41) is 6.09. The molecule has 1 aliphatic carbocycles. The number of thioether (sulfide) groups is 1. The minimum Gasteiger partial charge on any atom is -0.353 e. The monoisotopic (exact) mass is 355 g/mol. The lowest BCUT2D eigenvalue weighted by Crippen LogP contribution is -2.52. The molecule has 1 aliphatic heterocycles. The van der Waals surface area contributed by atoms with Crippen LogP contribution in [-0.4, -0.2) is 60.3 Å². The zero-order valence-electron chi connectivity index (χ0n) is 14.7. The van der Waals surface area contributed by atoms with Gasteiger partial charge in [-0.15, -0.1) is 0 Å². The largest absolute Gasteiger partial charge is 0.353 e. The van der Waals surface area contributed by atoms with Crippen molar-refractivity contribution in [2.24, 2.45) is 11.8 Å². The van der Waals surface area contributed by atoms with Crippen LogP contribution >= 0.6 is 11.8 Å². The highest BCUT2D eigenvalue weighted by Crippen LogP contribution is 2.39. The average Bonchev–Trinajstić information content (AvgIpc) is 2.84. The van der Waals surface area contributed by atoms with Crippen molar-refractivity contribution in [1.82, 2.24) is 15.5 Å². The molecular formula is C17H29N3O3S. The van der Waals surface area contributed by atoms with Gasteiger partial charge >= 0.3 is 0 Å². The van der Waals surface area contributed by atoms with Crippen LogP contribution in [0.4, 0.5) is 0 Å². The molecule has 2 N–H and O–H groups in total. The number of fused-ring (bicyclic) bond motifs is 1. The second kappa shape index (κ2) is 9.42. The van der Waals surface area contributed by atoms with Crippen LogP contribution in [-0.2, 0) is 14.4 Å². The van der Waals surface area contributed by atoms with Crippen molar-refractivity contribution in [2.75, 3.05) is 31.6 Å². The number of hydrogen-bond donors (Lipinski definition) is 2. The van der Waals surface area contributed by atoms with Crippen molar-refractivity contribution in [3.8, 4) is 0 Å². The molecule has 0 aromatic rings. The smallest absolute Gasteiger partial charge is 0.244 e. The van der Waals surface area contributed by atoms with Gasteiger partial charge in [-0.2, -0.15) is 11.8 Å². The molecule has 2 fully saturated rings. The van der Waals surface area contributed by atoms with Crippen LogP contribution in [0.2, 0.25) is 0 Å². The van der Waals surface area contributed by atoms with Gasteiger partial charge in [0, 0.05) is 18.8 Å². The molecule has 7 heteroatoms. The van der Waals surface area contributed by atoms with Crippen molar-refractivity contribution in [2.45, 2.75) is 45.1 Å². The van der Waals surface area contributed by atoms with Gasteiger partial charge in [0.1, 0.15) is 6.04 Å². The van der Waals surface area contributed by atoms with Gasteiger partial charge in [-0.1, -0.05) is 19.8 Å². The highest BCUT2D eigenvalue weighted by Gasteiger charge is 2.51. The Balaban J connectivity index is 1.99. The second-order valence-corrected chi connectivity index (χ2v) is 7.47. The summed E-state index contributed by atoms with van der Waals surface area (Å²) in [6, 6.07) is -0.684. The van der Waals surface area contributed by atoms with E-state index in [1.807, 2.05) is 6.26 Å². The fraction of sp³-hybridized carbons (Fsp3) is 0.824. The normalized spacial score (nSPS) is 24.8. The molecule has 3 amide bonds. The quantitative estimate of drug-likeness (QED) is 0.477. The van der Waals surface area contributed by atoms with Gasteiger partial charge in [0.15, 0.2) is 0 Å². The first-order valence-electron chi connectivity index (χ1n) is 8.96. The van der Waals surface area contributed by atoms with E-state index in [4.69, 9.17) is 0 Å². The lowest BCUT2D eigenvalue weighted by atomic mass is 9.81. The van der Waals surface area contributed by atoms with E-state index in [1.54, 1.807) is 0 Å². The van der Waals surface area contributed by atoms with Crippen molar-refractivity contribution in [1.29, 1.82) is 0 Å². The van der Waals surface area contributed by atoms with Gasteiger partial charge in [0.2, 0.25) is 17.7 Å². The maximum absolute atomic E-state index is 12.7. The zero-order valence-corrected chi connectivity index (χ0v) is 15.5.